The largest absolute Gasteiger partial charge is 0.467 e. The van der Waals surface area contributed by atoms with Crippen molar-refractivity contribution >= 4 is 17.7 Å². The summed E-state index contributed by atoms with van der Waals surface area (Å²) in [5.74, 6) is 2.49. The molecular formula is C18H21NO3S. The van der Waals surface area contributed by atoms with Crippen LogP contribution in [0.4, 0.5) is 0 Å². The second kappa shape index (κ2) is 7.23. The number of esters is 1. The zero-order valence-electron chi connectivity index (χ0n) is 13.5. The predicted molar refractivity (Wildman–Crippen MR) is 91.7 cm³/mol. The molecule has 1 aliphatic heterocycles. The summed E-state index contributed by atoms with van der Waals surface area (Å²) in [6.45, 7) is 3.70. The minimum absolute atomic E-state index is 0.338. The van der Waals surface area contributed by atoms with E-state index in [0.29, 0.717) is 23.9 Å². The fraction of sp³-hybridized carbons (Fsp3) is 0.389. The first-order valence-electron chi connectivity index (χ1n) is 7.72. The number of ether oxygens (including phenoxy) is 1. The Balaban J connectivity index is 1.81. The lowest BCUT2D eigenvalue weighted by Gasteiger charge is -2.35. The van der Waals surface area contributed by atoms with Crippen LogP contribution < -0.4 is 0 Å². The fourth-order valence-electron chi connectivity index (χ4n) is 2.86. The van der Waals surface area contributed by atoms with Crippen LogP contribution in [-0.4, -0.2) is 36.0 Å². The molecule has 3 rings (SSSR count). The van der Waals surface area contributed by atoms with Crippen LogP contribution >= 0.6 is 11.8 Å². The van der Waals surface area contributed by atoms with E-state index < -0.39 is 0 Å². The highest BCUT2D eigenvalue weighted by Gasteiger charge is 2.27. The number of nitrogens with zero attached hydrogens (tertiary/aromatic N) is 1. The summed E-state index contributed by atoms with van der Waals surface area (Å²) in [7, 11) is 1.39. The normalized spacial score (nSPS) is 18.8. The molecule has 1 atom stereocenters. The van der Waals surface area contributed by atoms with Gasteiger partial charge in [-0.3, -0.25) is 4.90 Å². The summed E-state index contributed by atoms with van der Waals surface area (Å²) in [6, 6.07) is 10.7. The number of carbonyl (C=O) groups excluding carboxylic acids is 1. The third-order valence-corrected chi connectivity index (χ3v) is 5.22. The Bertz CT molecular complexity index is 665. The van der Waals surface area contributed by atoms with Crippen molar-refractivity contribution in [3.8, 4) is 0 Å². The highest BCUT2D eigenvalue weighted by molar-refractivity contribution is 7.99. The van der Waals surface area contributed by atoms with E-state index in [1.807, 2.05) is 11.8 Å². The lowest BCUT2D eigenvalue weighted by Crippen LogP contribution is -2.35. The van der Waals surface area contributed by atoms with Gasteiger partial charge in [-0.2, -0.15) is 11.8 Å². The van der Waals surface area contributed by atoms with Gasteiger partial charge in [0.15, 0.2) is 0 Å². The number of thioether (sulfide) groups is 1. The van der Waals surface area contributed by atoms with Crippen molar-refractivity contribution in [1.82, 2.24) is 4.90 Å². The first kappa shape index (κ1) is 16.1. The molecule has 4 nitrogen and oxygen atoms in total. The molecule has 0 radical (unpaired) electrons. The zero-order chi connectivity index (χ0) is 16.2. The minimum Gasteiger partial charge on any atom is -0.467 e. The van der Waals surface area contributed by atoms with Crippen molar-refractivity contribution < 1.29 is 13.9 Å². The molecule has 0 amide bonds. The maximum atomic E-state index is 11.8. The van der Waals surface area contributed by atoms with E-state index in [1.165, 1.54) is 18.2 Å². The molecule has 1 aliphatic rings. The average Bonchev–Trinajstić information content (AvgIpc) is 3.04. The van der Waals surface area contributed by atoms with Crippen LogP contribution in [0.1, 0.15) is 33.3 Å². The molecule has 1 aromatic carbocycles. The number of rotatable bonds is 4. The topological polar surface area (TPSA) is 42.7 Å². The quantitative estimate of drug-likeness (QED) is 0.800. The highest BCUT2D eigenvalue weighted by atomic mass is 32.2. The lowest BCUT2D eigenvalue weighted by atomic mass is 10.0. The van der Waals surface area contributed by atoms with Gasteiger partial charge in [-0.15, -0.1) is 0 Å². The number of furan rings is 1. The Morgan fingerprint density at radius 2 is 2.13 bits per heavy atom. The van der Waals surface area contributed by atoms with E-state index in [-0.39, 0.29) is 5.97 Å². The zero-order valence-corrected chi connectivity index (χ0v) is 14.3. The van der Waals surface area contributed by atoms with Gasteiger partial charge in [0.1, 0.15) is 11.3 Å². The monoisotopic (exact) mass is 331 g/mol. The molecule has 1 unspecified atom stereocenters. The van der Waals surface area contributed by atoms with Gasteiger partial charge in [-0.25, -0.2) is 4.79 Å². The summed E-state index contributed by atoms with van der Waals surface area (Å²) >= 11 is 1.97. The molecular weight excluding hydrogens is 310 g/mol. The van der Waals surface area contributed by atoms with Crippen LogP contribution in [0.25, 0.3) is 0 Å². The number of methoxy groups -OCH3 is 1. The molecule has 2 aromatic rings. The summed E-state index contributed by atoms with van der Waals surface area (Å²) < 4.78 is 10.4. The first-order chi connectivity index (χ1) is 11.2. The molecule has 2 heterocycles. The Morgan fingerprint density at radius 1 is 1.35 bits per heavy atom. The minimum atomic E-state index is -0.341. The van der Waals surface area contributed by atoms with Crippen molar-refractivity contribution in [2.45, 2.75) is 19.5 Å². The molecule has 1 saturated heterocycles. The van der Waals surface area contributed by atoms with Gasteiger partial charge >= 0.3 is 5.97 Å². The van der Waals surface area contributed by atoms with Gasteiger partial charge in [0.25, 0.3) is 0 Å². The van der Waals surface area contributed by atoms with Crippen LogP contribution in [0.3, 0.4) is 0 Å². The fourth-order valence-corrected chi connectivity index (χ4v) is 4.02. The molecule has 1 aromatic heterocycles. The van der Waals surface area contributed by atoms with Gasteiger partial charge in [-0.05, 0) is 18.6 Å². The molecule has 0 bridgehead atoms. The van der Waals surface area contributed by atoms with E-state index >= 15 is 0 Å². The van der Waals surface area contributed by atoms with Crippen molar-refractivity contribution in [3.63, 3.8) is 0 Å². The van der Waals surface area contributed by atoms with Crippen LogP contribution in [0.2, 0.25) is 0 Å². The molecule has 0 saturated carbocycles. The van der Waals surface area contributed by atoms with E-state index in [2.05, 4.69) is 36.1 Å². The van der Waals surface area contributed by atoms with Crippen LogP contribution in [0.5, 0.6) is 0 Å². The molecule has 0 N–H and O–H groups in total. The van der Waals surface area contributed by atoms with E-state index in [9.17, 15) is 4.79 Å². The highest BCUT2D eigenvalue weighted by Crippen LogP contribution is 2.31. The molecule has 0 aliphatic carbocycles. The Hall–Kier alpha value is -1.72. The van der Waals surface area contributed by atoms with Gasteiger partial charge in [0.05, 0.1) is 19.9 Å². The average molecular weight is 331 g/mol. The molecule has 122 valence electrons. The molecule has 1 fully saturated rings. The maximum absolute atomic E-state index is 11.8. The number of benzene rings is 1. The van der Waals surface area contributed by atoms with Gasteiger partial charge in [0, 0.05) is 24.1 Å². The van der Waals surface area contributed by atoms with Crippen molar-refractivity contribution in [3.05, 3.63) is 59.0 Å². The molecule has 23 heavy (non-hydrogen) atoms. The number of carbonyl (C=O) groups is 1. The van der Waals surface area contributed by atoms with Crippen LogP contribution in [0.15, 0.2) is 41.0 Å². The third-order valence-electron chi connectivity index (χ3n) is 4.20. The maximum Gasteiger partial charge on any atom is 0.341 e. The van der Waals surface area contributed by atoms with Crippen molar-refractivity contribution in [2.24, 2.45) is 0 Å². The first-order valence-corrected chi connectivity index (χ1v) is 8.87. The van der Waals surface area contributed by atoms with Crippen LogP contribution in [0, 0.1) is 6.92 Å². The summed E-state index contributed by atoms with van der Waals surface area (Å²) in [5.41, 5.74) is 3.10. The lowest BCUT2D eigenvalue weighted by molar-refractivity contribution is 0.0595. The standard InChI is InChI=1S/C18H21NO3S/c1-13-3-5-14(6-4-13)16-12-23-10-8-19(16)11-17-15(7-9-22-17)18(20)21-2/h3-7,9,16H,8,10-12H2,1-2H3. The Labute approximate surface area is 140 Å². The Morgan fingerprint density at radius 3 is 2.87 bits per heavy atom. The summed E-state index contributed by atoms with van der Waals surface area (Å²) in [4.78, 5) is 14.2. The van der Waals surface area contributed by atoms with Gasteiger partial charge in [-0.1, -0.05) is 29.8 Å². The summed E-state index contributed by atoms with van der Waals surface area (Å²) in [5, 5.41) is 0. The molecule has 5 heteroatoms. The SMILES string of the molecule is COC(=O)c1ccoc1CN1CCSCC1c1ccc(C)cc1. The number of hydrogen-bond acceptors (Lipinski definition) is 5. The Kier molecular flexibility index (Phi) is 5.08. The van der Waals surface area contributed by atoms with Crippen molar-refractivity contribution in [1.29, 1.82) is 0 Å². The van der Waals surface area contributed by atoms with Crippen LogP contribution in [-0.2, 0) is 11.3 Å². The second-order valence-electron chi connectivity index (χ2n) is 5.72. The second-order valence-corrected chi connectivity index (χ2v) is 6.87. The van der Waals surface area contributed by atoms with E-state index in [1.54, 1.807) is 12.3 Å². The smallest absolute Gasteiger partial charge is 0.341 e. The van der Waals surface area contributed by atoms with Gasteiger partial charge in [0.2, 0.25) is 0 Å². The molecule has 0 spiro atoms. The number of aryl methyl sites for hydroxylation is 1. The van der Waals surface area contributed by atoms with Gasteiger partial charge < -0.3 is 9.15 Å². The predicted octanol–water partition coefficient (Wildman–Crippen LogP) is 3.66. The van der Waals surface area contributed by atoms with E-state index in [4.69, 9.17) is 9.15 Å². The van der Waals surface area contributed by atoms with Crippen molar-refractivity contribution in [2.75, 3.05) is 25.2 Å². The third kappa shape index (κ3) is 3.62. The number of hydrogen-bond donors (Lipinski definition) is 0. The summed E-state index contributed by atoms with van der Waals surface area (Å²) in [6.07, 6.45) is 1.56. The van der Waals surface area contributed by atoms with E-state index in [0.717, 1.165) is 18.1 Å².